The molecule has 0 aliphatic heterocycles. The number of carbonyl (C=O) groups excluding carboxylic acids is 4. The lowest BCUT2D eigenvalue weighted by molar-refractivity contribution is -0.133. The highest BCUT2D eigenvalue weighted by atomic mass is 16.3. The van der Waals surface area contributed by atoms with Crippen LogP contribution in [0.4, 0.5) is 0 Å². The Hall–Kier alpha value is -3.88. The Morgan fingerprint density at radius 3 is 1.78 bits per heavy atom. The highest BCUT2D eigenvalue weighted by molar-refractivity contribution is 5.93. The van der Waals surface area contributed by atoms with Crippen molar-refractivity contribution < 1.29 is 29.4 Å². The van der Waals surface area contributed by atoms with Crippen molar-refractivity contribution in [2.45, 2.75) is 71.0 Å². The van der Waals surface area contributed by atoms with E-state index < -0.39 is 29.9 Å². The summed E-state index contributed by atoms with van der Waals surface area (Å²) in [6.45, 7) is 5.69. The zero-order valence-corrected chi connectivity index (χ0v) is 21.6. The molecule has 0 saturated heterocycles. The molecule has 0 bridgehead atoms. The van der Waals surface area contributed by atoms with Gasteiger partial charge in [-0.3, -0.25) is 14.4 Å². The molecule has 0 aliphatic carbocycles. The molecule has 3 atom stereocenters. The van der Waals surface area contributed by atoms with E-state index in [1.165, 1.54) is 24.3 Å². The number of nitrogens with one attached hydrogen (secondary N) is 3. The Labute approximate surface area is 217 Å². The largest absolute Gasteiger partial charge is 0.508 e. The molecule has 0 radical (unpaired) electrons. The maximum Gasteiger partial charge on any atom is 0.243 e. The first-order valence-electron chi connectivity index (χ1n) is 12.5. The Balaban J connectivity index is 2.15. The molecule has 2 aromatic rings. The Bertz CT molecular complexity index is 1040. The summed E-state index contributed by atoms with van der Waals surface area (Å²) < 4.78 is 0. The predicted octanol–water partition coefficient (Wildman–Crippen LogP) is 2.38. The minimum atomic E-state index is -0.926. The van der Waals surface area contributed by atoms with Gasteiger partial charge in [0.05, 0.1) is 6.04 Å². The molecule has 9 nitrogen and oxygen atoms in total. The van der Waals surface area contributed by atoms with Crippen molar-refractivity contribution in [3.05, 3.63) is 59.7 Å². The van der Waals surface area contributed by atoms with E-state index in [-0.39, 0.29) is 42.6 Å². The van der Waals surface area contributed by atoms with Crippen LogP contribution in [0.1, 0.15) is 51.2 Å². The van der Waals surface area contributed by atoms with Gasteiger partial charge in [-0.05, 0) is 60.6 Å². The van der Waals surface area contributed by atoms with Crippen LogP contribution in [-0.4, -0.2) is 52.3 Å². The van der Waals surface area contributed by atoms with Crippen LogP contribution in [0.15, 0.2) is 48.5 Å². The Morgan fingerprint density at radius 2 is 1.30 bits per heavy atom. The van der Waals surface area contributed by atoms with E-state index in [2.05, 4.69) is 16.0 Å². The van der Waals surface area contributed by atoms with Gasteiger partial charge in [-0.25, -0.2) is 0 Å². The molecular weight excluding hydrogens is 474 g/mol. The van der Waals surface area contributed by atoms with Crippen molar-refractivity contribution in [1.29, 1.82) is 0 Å². The van der Waals surface area contributed by atoms with Crippen LogP contribution in [-0.2, 0) is 32.0 Å². The van der Waals surface area contributed by atoms with Gasteiger partial charge in [0.2, 0.25) is 17.7 Å². The van der Waals surface area contributed by atoms with Gasteiger partial charge in [-0.2, -0.15) is 0 Å². The fourth-order valence-electron chi connectivity index (χ4n) is 3.85. The third-order valence-corrected chi connectivity index (χ3v) is 5.73. The van der Waals surface area contributed by atoms with Crippen molar-refractivity contribution >= 4 is 24.0 Å². The molecule has 0 fully saturated rings. The lowest BCUT2D eigenvalue weighted by Gasteiger charge is -2.25. The summed E-state index contributed by atoms with van der Waals surface area (Å²) in [4.78, 5) is 50.4. The molecular formula is C28H37N3O6. The molecule has 0 aliphatic rings. The molecule has 0 spiro atoms. The molecule has 37 heavy (non-hydrogen) atoms. The summed E-state index contributed by atoms with van der Waals surface area (Å²) >= 11 is 0. The van der Waals surface area contributed by atoms with Gasteiger partial charge in [0.15, 0.2) is 0 Å². The van der Waals surface area contributed by atoms with Crippen molar-refractivity contribution in [3.63, 3.8) is 0 Å². The molecule has 2 rings (SSSR count). The number of rotatable bonds is 14. The average molecular weight is 512 g/mol. The summed E-state index contributed by atoms with van der Waals surface area (Å²) in [7, 11) is 0. The van der Waals surface area contributed by atoms with Gasteiger partial charge in [0.25, 0.3) is 0 Å². The average Bonchev–Trinajstić information content (AvgIpc) is 2.85. The third kappa shape index (κ3) is 10.3. The van der Waals surface area contributed by atoms with Gasteiger partial charge < -0.3 is 31.0 Å². The highest BCUT2D eigenvalue weighted by Gasteiger charge is 2.28. The third-order valence-electron chi connectivity index (χ3n) is 5.73. The maximum atomic E-state index is 13.3. The predicted molar refractivity (Wildman–Crippen MR) is 140 cm³/mol. The maximum absolute atomic E-state index is 13.3. The number of benzene rings is 2. The highest BCUT2D eigenvalue weighted by Crippen LogP contribution is 2.14. The Kier molecular flexibility index (Phi) is 11.6. The van der Waals surface area contributed by atoms with Gasteiger partial charge >= 0.3 is 0 Å². The molecule has 0 aromatic heterocycles. The number of hydrogen-bond donors (Lipinski definition) is 5. The van der Waals surface area contributed by atoms with Crippen LogP contribution >= 0.6 is 0 Å². The molecule has 200 valence electrons. The van der Waals surface area contributed by atoms with E-state index >= 15 is 0 Å². The van der Waals surface area contributed by atoms with Crippen LogP contribution in [0.2, 0.25) is 0 Å². The lowest BCUT2D eigenvalue weighted by atomic mass is 10.00. The van der Waals surface area contributed by atoms with Crippen LogP contribution in [0, 0.1) is 5.92 Å². The van der Waals surface area contributed by atoms with Crippen molar-refractivity contribution in [3.8, 4) is 11.5 Å². The summed E-state index contributed by atoms with van der Waals surface area (Å²) in [5.74, 6) is -1.04. The number of amides is 3. The number of hydrogen-bond acceptors (Lipinski definition) is 6. The van der Waals surface area contributed by atoms with E-state index in [0.717, 1.165) is 11.1 Å². The zero-order chi connectivity index (χ0) is 27.4. The number of aromatic hydroxyl groups is 2. The van der Waals surface area contributed by atoms with E-state index in [9.17, 15) is 29.4 Å². The van der Waals surface area contributed by atoms with Gasteiger partial charge in [-0.1, -0.05) is 45.0 Å². The smallest absolute Gasteiger partial charge is 0.243 e. The number of phenols is 2. The molecule has 0 heterocycles. The SMILES string of the molecule is CCCC(=O)N[C@@H](Cc1ccc(O)cc1)C(=O)N[C@@H](CC(C)C)C(=O)N[C@@H](C=O)Cc1ccc(O)cc1. The normalized spacial score (nSPS) is 13.3. The zero-order valence-electron chi connectivity index (χ0n) is 21.6. The van der Waals surface area contributed by atoms with E-state index in [0.29, 0.717) is 19.1 Å². The second-order valence-electron chi connectivity index (χ2n) is 9.55. The van der Waals surface area contributed by atoms with Crippen LogP contribution in [0.5, 0.6) is 11.5 Å². The molecule has 5 N–H and O–H groups in total. The summed E-state index contributed by atoms with van der Waals surface area (Å²) in [5.41, 5.74) is 1.49. The van der Waals surface area contributed by atoms with Crippen LogP contribution in [0.25, 0.3) is 0 Å². The van der Waals surface area contributed by atoms with Gasteiger partial charge in [0, 0.05) is 12.8 Å². The monoisotopic (exact) mass is 511 g/mol. The van der Waals surface area contributed by atoms with Crippen molar-refractivity contribution in [2.24, 2.45) is 5.92 Å². The quantitative estimate of drug-likeness (QED) is 0.246. The molecule has 9 heteroatoms. The molecule has 3 amide bonds. The first kappa shape index (κ1) is 29.4. The summed E-state index contributed by atoms with van der Waals surface area (Å²) in [5, 5.41) is 27.2. The minimum absolute atomic E-state index is 0.0630. The Morgan fingerprint density at radius 1 is 0.784 bits per heavy atom. The van der Waals surface area contributed by atoms with Gasteiger partial charge in [0.1, 0.15) is 29.9 Å². The summed E-state index contributed by atoms with van der Waals surface area (Å²) in [6, 6.07) is 10.0. The van der Waals surface area contributed by atoms with Gasteiger partial charge in [-0.15, -0.1) is 0 Å². The summed E-state index contributed by atoms with van der Waals surface area (Å²) in [6.07, 6.45) is 2.25. The molecule has 0 saturated carbocycles. The number of aldehydes is 1. The van der Waals surface area contributed by atoms with Crippen molar-refractivity contribution in [2.75, 3.05) is 0 Å². The minimum Gasteiger partial charge on any atom is -0.508 e. The topological polar surface area (TPSA) is 145 Å². The van der Waals surface area contributed by atoms with Crippen molar-refractivity contribution in [1.82, 2.24) is 16.0 Å². The molecule has 0 unspecified atom stereocenters. The fourth-order valence-corrected chi connectivity index (χ4v) is 3.85. The fraction of sp³-hybridized carbons (Fsp3) is 0.429. The second kappa shape index (κ2) is 14.6. The molecule has 2 aromatic carbocycles. The number of phenolic OH excluding ortho intramolecular Hbond substituents is 2. The first-order valence-corrected chi connectivity index (χ1v) is 12.5. The standard InChI is InChI=1S/C28H37N3O6/c1-4-5-26(35)30-25(16-20-8-12-23(34)13-9-20)28(37)31-24(14-18(2)3)27(36)29-21(17-32)15-19-6-10-22(33)11-7-19/h6-13,17-18,21,24-25,33-34H,4-5,14-16H2,1-3H3,(H,29,36)(H,30,35)(H,31,37)/t21-,24+,25+/m1/s1. The van der Waals surface area contributed by atoms with Crippen LogP contribution in [0.3, 0.4) is 0 Å². The lowest BCUT2D eigenvalue weighted by Crippen LogP contribution is -2.56. The van der Waals surface area contributed by atoms with Crippen LogP contribution < -0.4 is 16.0 Å². The first-order chi connectivity index (χ1) is 17.6. The van der Waals surface area contributed by atoms with E-state index in [1.54, 1.807) is 24.3 Å². The second-order valence-corrected chi connectivity index (χ2v) is 9.55. The van der Waals surface area contributed by atoms with E-state index in [4.69, 9.17) is 0 Å². The number of carbonyl (C=O) groups is 4. The van der Waals surface area contributed by atoms with E-state index in [1.807, 2.05) is 20.8 Å².